The third-order valence-electron chi connectivity index (χ3n) is 2.00. The molecule has 1 aromatic carbocycles. The average Bonchev–Trinajstić information content (AvgIpc) is 2.68. The van der Waals surface area contributed by atoms with Gasteiger partial charge >= 0.3 is 0 Å². The lowest BCUT2D eigenvalue weighted by Gasteiger charge is -2.04. The van der Waals surface area contributed by atoms with Gasteiger partial charge in [0.2, 0.25) is 6.20 Å². The Morgan fingerprint density at radius 3 is 2.89 bits per heavy atom. The molecule has 0 spiro atoms. The molecule has 0 saturated carbocycles. The quantitative estimate of drug-likeness (QED) is 0.853. The third kappa shape index (κ3) is 3.12. The number of benzene rings is 1. The van der Waals surface area contributed by atoms with E-state index in [1.165, 1.54) is 6.07 Å². The van der Waals surface area contributed by atoms with Crippen molar-refractivity contribution < 1.29 is 19.1 Å². The summed E-state index contributed by atoms with van der Waals surface area (Å²) in [5.74, 6) is -1.01. The lowest BCUT2D eigenvalue weighted by molar-refractivity contribution is -0.750. The van der Waals surface area contributed by atoms with Gasteiger partial charge in [-0.3, -0.25) is 4.79 Å². The SMILES string of the molecule is O=C(C[n+]1cc([O-])on1)Nc1ccc(Cl)cc1Cl. The molecule has 1 amide bonds. The molecule has 0 fully saturated rings. The largest absolute Gasteiger partial charge is 0.539 e. The minimum Gasteiger partial charge on any atom is -0.539 e. The molecule has 0 saturated heterocycles. The number of anilines is 1. The first-order valence-corrected chi connectivity index (χ1v) is 5.58. The highest BCUT2D eigenvalue weighted by Gasteiger charge is 2.13. The Kier molecular flexibility index (Phi) is 3.69. The Balaban J connectivity index is 2.03. The summed E-state index contributed by atoms with van der Waals surface area (Å²) in [5, 5.41) is 17.4. The predicted molar refractivity (Wildman–Crippen MR) is 61.2 cm³/mol. The molecule has 1 N–H and O–H groups in total. The van der Waals surface area contributed by atoms with E-state index in [-0.39, 0.29) is 6.54 Å². The van der Waals surface area contributed by atoms with Crippen molar-refractivity contribution in [1.29, 1.82) is 0 Å². The standard InChI is InChI=1S/C10H7Cl2N3O3/c11-6-1-2-8(7(12)3-6)13-9(16)4-15-5-10(17)18-14-15/h1-3,5H,4H2,(H-,13,14,16,17). The second-order valence-electron chi connectivity index (χ2n) is 3.39. The molecular formula is C10H7Cl2N3O3. The molecule has 6 nitrogen and oxygen atoms in total. The minimum atomic E-state index is -0.618. The maximum Gasteiger partial charge on any atom is 0.292 e. The van der Waals surface area contributed by atoms with Crippen LogP contribution in [-0.2, 0) is 11.3 Å². The molecule has 0 bridgehead atoms. The topological polar surface area (TPSA) is 82.1 Å². The molecule has 18 heavy (non-hydrogen) atoms. The van der Waals surface area contributed by atoms with Crippen LogP contribution in [0.1, 0.15) is 0 Å². The van der Waals surface area contributed by atoms with Crippen molar-refractivity contribution >= 4 is 34.8 Å². The molecule has 0 aliphatic carbocycles. The highest BCUT2D eigenvalue weighted by molar-refractivity contribution is 6.36. The zero-order valence-electron chi connectivity index (χ0n) is 8.89. The summed E-state index contributed by atoms with van der Waals surface area (Å²) in [6.07, 6.45) is 1.07. The highest BCUT2D eigenvalue weighted by atomic mass is 35.5. The second kappa shape index (κ2) is 5.24. The second-order valence-corrected chi connectivity index (χ2v) is 4.23. The van der Waals surface area contributed by atoms with E-state index in [1.54, 1.807) is 12.1 Å². The summed E-state index contributed by atoms with van der Waals surface area (Å²) in [7, 11) is 0. The van der Waals surface area contributed by atoms with Gasteiger partial charge in [0.05, 0.1) is 16.0 Å². The van der Waals surface area contributed by atoms with Crippen LogP contribution >= 0.6 is 23.2 Å². The van der Waals surface area contributed by atoms with Gasteiger partial charge in [0, 0.05) is 5.02 Å². The summed E-state index contributed by atoms with van der Waals surface area (Å²) < 4.78 is 5.37. The Labute approximate surface area is 112 Å². The van der Waals surface area contributed by atoms with Crippen LogP contribution in [0.15, 0.2) is 28.9 Å². The van der Waals surface area contributed by atoms with Crippen LogP contribution in [0.4, 0.5) is 5.69 Å². The number of hydrogen-bond acceptors (Lipinski definition) is 4. The molecule has 0 radical (unpaired) electrons. The summed E-state index contributed by atoms with van der Waals surface area (Å²) in [6, 6.07) is 4.69. The lowest BCUT2D eigenvalue weighted by atomic mass is 10.3. The fourth-order valence-corrected chi connectivity index (χ4v) is 1.72. The number of amides is 1. The average molecular weight is 288 g/mol. The summed E-state index contributed by atoms with van der Waals surface area (Å²) in [6.45, 7) is -0.148. The van der Waals surface area contributed by atoms with Crippen molar-refractivity contribution in [2.45, 2.75) is 6.54 Å². The van der Waals surface area contributed by atoms with Gasteiger partial charge in [0.1, 0.15) is 5.95 Å². The van der Waals surface area contributed by atoms with E-state index < -0.39 is 11.9 Å². The summed E-state index contributed by atoms with van der Waals surface area (Å²) in [5.41, 5.74) is 0.428. The van der Waals surface area contributed by atoms with Gasteiger partial charge in [-0.2, -0.15) is 0 Å². The molecule has 2 aromatic rings. The van der Waals surface area contributed by atoms with Gasteiger partial charge in [-0.1, -0.05) is 27.9 Å². The van der Waals surface area contributed by atoms with Crippen molar-refractivity contribution in [3.05, 3.63) is 34.4 Å². The van der Waals surface area contributed by atoms with Crippen molar-refractivity contribution in [3.8, 4) is 5.95 Å². The van der Waals surface area contributed by atoms with Crippen LogP contribution in [0.25, 0.3) is 0 Å². The Morgan fingerprint density at radius 1 is 1.50 bits per heavy atom. The van der Waals surface area contributed by atoms with E-state index in [4.69, 9.17) is 23.2 Å². The molecule has 0 aliphatic heterocycles. The van der Waals surface area contributed by atoms with Crippen molar-refractivity contribution in [2.75, 3.05) is 5.32 Å². The number of hydrogen-bond donors (Lipinski definition) is 1. The normalized spacial score (nSPS) is 10.3. The van der Waals surface area contributed by atoms with Crippen molar-refractivity contribution in [3.63, 3.8) is 0 Å². The van der Waals surface area contributed by atoms with Crippen LogP contribution < -0.4 is 15.1 Å². The Hall–Kier alpha value is -1.79. The van der Waals surface area contributed by atoms with E-state index in [1.807, 2.05) is 0 Å². The molecular weight excluding hydrogens is 281 g/mol. The molecule has 0 aliphatic rings. The van der Waals surface area contributed by atoms with Gasteiger partial charge in [-0.15, -0.1) is 0 Å². The number of rotatable bonds is 3. The highest BCUT2D eigenvalue weighted by Crippen LogP contribution is 2.25. The van der Waals surface area contributed by atoms with Gasteiger partial charge in [0.25, 0.3) is 12.5 Å². The van der Waals surface area contributed by atoms with E-state index >= 15 is 0 Å². The maximum atomic E-state index is 11.6. The molecule has 0 atom stereocenters. The first-order chi connectivity index (χ1) is 8.54. The smallest absolute Gasteiger partial charge is 0.292 e. The monoisotopic (exact) mass is 287 g/mol. The number of aromatic nitrogens is 2. The molecule has 2 rings (SSSR count). The van der Waals surface area contributed by atoms with Crippen molar-refractivity contribution in [1.82, 2.24) is 5.27 Å². The number of nitrogens with one attached hydrogen (secondary N) is 1. The first-order valence-electron chi connectivity index (χ1n) is 4.83. The predicted octanol–water partition coefficient (Wildman–Crippen LogP) is 0.981. The van der Waals surface area contributed by atoms with Crippen LogP contribution in [-0.4, -0.2) is 11.2 Å². The Bertz CT molecular complexity index is 585. The molecule has 8 heteroatoms. The van der Waals surface area contributed by atoms with E-state index in [0.29, 0.717) is 15.7 Å². The van der Waals surface area contributed by atoms with E-state index in [9.17, 15) is 9.90 Å². The van der Waals surface area contributed by atoms with Gasteiger partial charge in [-0.25, -0.2) is 0 Å². The zero-order chi connectivity index (χ0) is 13.1. The number of carbonyl (C=O) groups excluding carboxylic acids is 1. The lowest BCUT2D eigenvalue weighted by Crippen LogP contribution is -2.41. The maximum absolute atomic E-state index is 11.6. The third-order valence-corrected chi connectivity index (χ3v) is 2.55. The fraction of sp³-hybridized carbons (Fsp3) is 0.100. The first kappa shape index (κ1) is 12.7. The van der Waals surface area contributed by atoms with Crippen molar-refractivity contribution in [2.24, 2.45) is 0 Å². The van der Waals surface area contributed by atoms with Crippen LogP contribution in [0, 0.1) is 0 Å². The van der Waals surface area contributed by atoms with Gasteiger partial charge in [0.15, 0.2) is 0 Å². The number of halogens is 2. The minimum absolute atomic E-state index is 0.148. The summed E-state index contributed by atoms with van der Waals surface area (Å²) in [4.78, 5) is 11.6. The Morgan fingerprint density at radius 2 is 2.28 bits per heavy atom. The summed E-state index contributed by atoms with van der Waals surface area (Å²) >= 11 is 11.6. The number of nitrogens with zero attached hydrogens (tertiary/aromatic N) is 2. The van der Waals surface area contributed by atoms with E-state index in [0.717, 1.165) is 10.9 Å². The zero-order valence-corrected chi connectivity index (χ0v) is 10.4. The molecule has 94 valence electrons. The van der Waals surface area contributed by atoms with E-state index in [2.05, 4.69) is 15.1 Å². The van der Waals surface area contributed by atoms with Gasteiger partial charge < -0.3 is 14.9 Å². The molecule has 1 heterocycles. The van der Waals surface area contributed by atoms with Gasteiger partial charge in [-0.05, 0) is 18.2 Å². The van der Waals surface area contributed by atoms with Crippen LogP contribution in [0.5, 0.6) is 5.95 Å². The van der Waals surface area contributed by atoms with Crippen LogP contribution in [0.3, 0.4) is 0 Å². The molecule has 0 unspecified atom stereocenters. The number of carbonyl (C=O) groups is 1. The molecule has 1 aromatic heterocycles. The van der Waals surface area contributed by atoms with Crippen LogP contribution in [0.2, 0.25) is 10.0 Å². The fourth-order valence-electron chi connectivity index (χ4n) is 1.26.